The van der Waals surface area contributed by atoms with Crippen molar-refractivity contribution < 1.29 is 9.18 Å². The van der Waals surface area contributed by atoms with Crippen molar-refractivity contribution >= 4 is 5.91 Å². The molecule has 1 amide bonds. The zero-order valence-corrected chi connectivity index (χ0v) is 13.5. The molecule has 1 heterocycles. The fourth-order valence-electron chi connectivity index (χ4n) is 2.31. The van der Waals surface area contributed by atoms with Crippen LogP contribution in [0.25, 0.3) is 5.69 Å². The van der Waals surface area contributed by atoms with Crippen LogP contribution < -0.4 is 5.32 Å². The lowest BCUT2D eigenvalue weighted by atomic mass is 10.1. The molecule has 0 fully saturated rings. The summed E-state index contributed by atoms with van der Waals surface area (Å²) in [5.74, 6) is 0.144. The van der Waals surface area contributed by atoms with Gasteiger partial charge >= 0.3 is 0 Å². The molecule has 118 valence electrons. The van der Waals surface area contributed by atoms with E-state index in [-0.39, 0.29) is 11.7 Å². The highest BCUT2D eigenvalue weighted by atomic mass is 19.1. The number of halogens is 1. The Kier molecular flexibility index (Phi) is 4.96. The van der Waals surface area contributed by atoms with E-state index in [1.807, 2.05) is 13.8 Å². The van der Waals surface area contributed by atoms with E-state index in [4.69, 9.17) is 0 Å². The van der Waals surface area contributed by atoms with E-state index in [0.29, 0.717) is 18.9 Å². The molecule has 0 aliphatic carbocycles. The summed E-state index contributed by atoms with van der Waals surface area (Å²) in [6.45, 7) is 8.60. The molecule has 2 rings (SSSR count). The van der Waals surface area contributed by atoms with Crippen LogP contribution in [0.5, 0.6) is 0 Å². The summed E-state index contributed by atoms with van der Waals surface area (Å²) in [5.41, 5.74) is 3.44. The Hall–Kier alpha value is -2.17. The van der Waals surface area contributed by atoms with Crippen molar-refractivity contribution in [1.82, 2.24) is 15.1 Å². The fraction of sp³-hybridized carbons (Fsp3) is 0.412. The smallest absolute Gasteiger partial charge is 0.224 e. The maximum Gasteiger partial charge on any atom is 0.224 e. The van der Waals surface area contributed by atoms with Gasteiger partial charge in [-0.3, -0.25) is 4.79 Å². The van der Waals surface area contributed by atoms with Crippen molar-refractivity contribution in [2.24, 2.45) is 5.92 Å². The number of aryl methyl sites for hydroxylation is 1. The van der Waals surface area contributed by atoms with Gasteiger partial charge in [-0.25, -0.2) is 9.07 Å². The standard InChI is InChI=1S/C17H22FN3O/c1-11(2)10-19-17(22)9-16-12(3)20-21(13(16)4)15-7-5-14(18)6-8-15/h5-8,11H,9-10H2,1-4H3,(H,19,22). The molecular weight excluding hydrogens is 281 g/mol. The zero-order valence-electron chi connectivity index (χ0n) is 13.5. The van der Waals surface area contributed by atoms with E-state index in [2.05, 4.69) is 24.3 Å². The van der Waals surface area contributed by atoms with Crippen molar-refractivity contribution in [2.45, 2.75) is 34.1 Å². The summed E-state index contributed by atoms with van der Waals surface area (Å²) in [7, 11) is 0. The first-order valence-corrected chi connectivity index (χ1v) is 7.46. The van der Waals surface area contributed by atoms with Gasteiger partial charge < -0.3 is 5.32 Å². The van der Waals surface area contributed by atoms with Crippen LogP contribution in [0.3, 0.4) is 0 Å². The number of hydrogen-bond acceptors (Lipinski definition) is 2. The number of hydrogen-bond donors (Lipinski definition) is 1. The van der Waals surface area contributed by atoms with Crippen LogP contribution in [-0.4, -0.2) is 22.2 Å². The first kappa shape index (κ1) is 16.2. The third-order valence-corrected chi connectivity index (χ3v) is 3.56. The predicted octanol–water partition coefficient (Wildman–Crippen LogP) is 2.94. The number of nitrogens with one attached hydrogen (secondary N) is 1. The molecule has 22 heavy (non-hydrogen) atoms. The van der Waals surface area contributed by atoms with Crippen molar-refractivity contribution in [3.8, 4) is 5.69 Å². The second kappa shape index (κ2) is 6.73. The van der Waals surface area contributed by atoms with Gasteiger partial charge in [-0.15, -0.1) is 0 Å². The molecule has 0 aliphatic rings. The highest BCUT2D eigenvalue weighted by Crippen LogP contribution is 2.18. The average molecular weight is 303 g/mol. The predicted molar refractivity (Wildman–Crippen MR) is 84.5 cm³/mol. The van der Waals surface area contributed by atoms with Crippen LogP contribution in [-0.2, 0) is 11.2 Å². The molecule has 0 saturated carbocycles. The van der Waals surface area contributed by atoms with Crippen LogP contribution in [0.2, 0.25) is 0 Å². The molecule has 5 heteroatoms. The molecule has 0 radical (unpaired) electrons. The Labute approximate surface area is 130 Å². The van der Waals surface area contributed by atoms with Gasteiger partial charge in [0.15, 0.2) is 0 Å². The van der Waals surface area contributed by atoms with E-state index < -0.39 is 0 Å². The normalized spacial score (nSPS) is 11.0. The van der Waals surface area contributed by atoms with Crippen molar-refractivity contribution in [3.63, 3.8) is 0 Å². The minimum absolute atomic E-state index is 0.00134. The van der Waals surface area contributed by atoms with Crippen LogP contribution in [0.1, 0.15) is 30.8 Å². The molecule has 0 bridgehead atoms. The largest absolute Gasteiger partial charge is 0.356 e. The lowest BCUT2D eigenvalue weighted by Gasteiger charge is -2.08. The maximum atomic E-state index is 13.0. The van der Waals surface area contributed by atoms with Gasteiger partial charge in [0.25, 0.3) is 0 Å². The Balaban J connectivity index is 2.20. The second-order valence-corrected chi connectivity index (χ2v) is 5.91. The minimum atomic E-state index is -0.279. The van der Waals surface area contributed by atoms with Crippen LogP contribution >= 0.6 is 0 Å². The Morgan fingerprint density at radius 1 is 1.27 bits per heavy atom. The Morgan fingerprint density at radius 2 is 1.91 bits per heavy atom. The van der Waals surface area contributed by atoms with Crippen molar-refractivity contribution in [1.29, 1.82) is 0 Å². The molecule has 4 nitrogen and oxygen atoms in total. The summed E-state index contributed by atoms with van der Waals surface area (Å²) in [4.78, 5) is 12.0. The number of aromatic nitrogens is 2. The number of amides is 1. The van der Waals surface area contributed by atoms with Gasteiger partial charge in [0.2, 0.25) is 5.91 Å². The average Bonchev–Trinajstić information content (AvgIpc) is 2.74. The number of carbonyl (C=O) groups excluding carboxylic acids is 1. The van der Waals surface area contributed by atoms with Crippen molar-refractivity contribution in [3.05, 3.63) is 47.0 Å². The van der Waals surface area contributed by atoms with E-state index in [1.165, 1.54) is 12.1 Å². The number of nitrogens with zero attached hydrogens (tertiary/aromatic N) is 2. The molecule has 2 aromatic rings. The van der Waals surface area contributed by atoms with Gasteiger partial charge in [-0.2, -0.15) is 5.10 Å². The van der Waals surface area contributed by atoms with E-state index in [9.17, 15) is 9.18 Å². The topological polar surface area (TPSA) is 46.9 Å². The van der Waals surface area contributed by atoms with Gasteiger partial charge in [-0.05, 0) is 44.0 Å². The highest BCUT2D eigenvalue weighted by molar-refractivity contribution is 5.79. The van der Waals surface area contributed by atoms with E-state index in [1.54, 1.807) is 16.8 Å². The van der Waals surface area contributed by atoms with Gasteiger partial charge in [0.05, 0.1) is 17.8 Å². The second-order valence-electron chi connectivity index (χ2n) is 5.91. The van der Waals surface area contributed by atoms with E-state index in [0.717, 1.165) is 22.6 Å². The molecule has 0 unspecified atom stereocenters. The first-order chi connectivity index (χ1) is 10.4. The Bertz CT molecular complexity index is 659. The summed E-state index contributed by atoms with van der Waals surface area (Å²) in [5, 5.41) is 7.39. The molecule has 1 aromatic carbocycles. The lowest BCUT2D eigenvalue weighted by molar-refractivity contribution is -0.120. The minimum Gasteiger partial charge on any atom is -0.356 e. The van der Waals surface area contributed by atoms with Gasteiger partial charge in [0, 0.05) is 17.8 Å². The molecule has 1 aromatic heterocycles. The molecule has 0 aliphatic heterocycles. The summed E-state index contributed by atoms with van der Waals surface area (Å²) in [6.07, 6.45) is 0.311. The molecule has 0 atom stereocenters. The Morgan fingerprint density at radius 3 is 2.50 bits per heavy atom. The van der Waals surface area contributed by atoms with Crippen molar-refractivity contribution in [2.75, 3.05) is 6.54 Å². The monoisotopic (exact) mass is 303 g/mol. The summed E-state index contributed by atoms with van der Waals surface area (Å²) in [6, 6.07) is 6.16. The van der Waals surface area contributed by atoms with Crippen LogP contribution in [0.15, 0.2) is 24.3 Å². The fourth-order valence-corrected chi connectivity index (χ4v) is 2.31. The highest BCUT2D eigenvalue weighted by Gasteiger charge is 2.16. The summed E-state index contributed by atoms with van der Waals surface area (Å²) >= 11 is 0. The first-order valence-electron chi connectivity index (χ1n) is 7.46. The molecular formula is C17H22FN3O. The maximum absolute atomic E-state index is 13.0. The van der Waals surface area contributed by atoms with Crippen LogP contribution in [0.4, 0.5) is 4.39 Å². The quantitative estimate of drug-likeness (QED) is 0.923. The van der Waals surface area contributed by atoms with Gasteiger partial charge in [0.1, 0.15) is 5.82 Å². The SMILES string of the molecule is Cc1nn(-c2ccc(F)cc2)c(C)c1CC(=O)NCC(C)C. The summed E-state index contributed by atoms with van der Waals surface area (Å²) < 4.78 is 14.8. The van der Waals surface area contributed by atoms with Crippen LogP contribution in [0, 0.1) is 25.6 Å². The molecule has 0 spiro atoms. The third-order valence-electron chi connectivity index (χ3n) is 3.56. The zero-order chi connectivity index (χ0) is 16.3. The number of rotatable bonds is 5. The molecule has 1 N–H and O–H groups in total. The number of benzene rings is 1. The molecule has 0 saturated heterocycles. The third kappa shape index (κ3) is 3.72. The lowest BCUT2D eigenvalue weighted by Crippen LogP contribution is -2.29. The number of carbonyl (C=O) groups is 1. The van der Waals surface area contributed by atoms with E-state index >= 15 is 0 Å². The van der Waals surface area contributed by atoms with Gasteiger partial charge in [-0.1, -0.05) is 13.8 Å².